The van der Waals surface area contributed by atoms with Gasteiger partial charge in [-0.05, 0) is 30.7 Å². The van der Waals surface area contributed by atoms with E-state index >= 15 is 0 Å². The van der Waals surface area contributed by atoms with Crippen LogP contribution in [0, 0.1) is 0 Å². The summed E-state index contributed by atoms with van der Waals surface area (Å²) < 4.78 is 32.0. The molecule has 0 bridgehead atoms. The highest BCUT2D eigenvalue weighted by Crippen LogP contribution is 2.28. The molecule has 0 radical (unpaired) electrons. The van der Waals surface area contributed by atoms with E-state index in [1.165, 1.54) is 18.2 Å². The van der Waals surface area contributed by atoms with Crippen LogP contribution in [0.25, 0.3) is 0 Å². The van der Waals surface area contributed by atoms with Crippen molar-refractivity contribution in [3.8, 4) is 0 Å². The first-order valence-corrected chi connectivity index (χ1v) is 9.69. The van der Waals surface area contributed by atoms with E-state index in [4.69, 9.17) is 27.9 Å². The lowest BCUT2D eigenvalue weighted by Gasteiger charge is -2.22. The number of rotatable bonds is 7. The second-order valence-corrected chi connectivity index (χ2v) is 7.89. The van der Waals surface area contributed by atoms with Crippen LogP contribution in [-0.4, -0.2) is 31.8 Å². The molecule has 0 aliphatic rings. The van der Waals surface area contributed by atoms with Crippen molar-refractivity contribution in [2.45, 2.75) is 18.4 Å². The molecule has 0 fully saturated rings. The summed E-state index contributed by atoms with van der Waals surface area (Å²) in [4.78, 5) is 11.7. The number of carbonyl (C=O) groups is 1. The van der Waals surface area contributed by atoms with Gasteiger partial charge in [0.1, 0.15) is 11.4 Å². The van der Waals surface area contributed by atoms with E-state index in [9.17, 15) is 13.2 Å². The second-order valence-electron chi connectivity index (χ2n) is 5.14. The monoisotopic (exact) mass is 401 g/mol. The van der Waals surface area contributed by atoms with Gasteiger partial charge in [-0.15, -0.1) is 0 Å². The lowest BCUT2D eigenvalue weighted by molar-refractivity contribution is -0.143. The number of nitrogens with zero attached hydrogens (tertiary/aromatic N) is 1. The van der Waals surface area contributed by atoms with E-state index in [2.05, 4.69) is 0 Å². The molecule has 0 spiro atoms. The number of sulfonamides is 1. The predicted octanol–water partition coefficient (Wildman–Crippen LogP) is 3.75. The second kappa shape index (κ2) is 8.67. The summed E-state index contributed by atoms with van der Waals surface area (Å²) in [7, 11) is -4.05. The largest absolute Gasteiger partial charge is 0.465 e. The van der Waals surface area contributed by atoms with Gasteiger partial charge < -0.3 is 4.74 Å². The number of carbonyl (C=O) groups excluding carboxylic acids is 1. The highest BCUT2D eigenvalue weighted by atomic mass is 35.5. The van der Waals surface area contributed by atoms with Crippen LogP contribution in [0.15, 0.2) is 53.4 Å². The number of benzene rings is 2. The first-order valence-electron chi connectivity index (χ1n) is 7.49. The van der Waals surface area contributed by atoms with Crippen LogP contribution in [0.2, 0.25) is 10.0 Å². The van der Waals surface area contributed by atoms with Gasteiger partial charge in [0, 0.05) is 11.6 Å². The molecule has 0 heterocycles. The molecule has 0 saturated heterocycles. The fourth-order valence-corrected chi connectivity index (χ4v) is 4.29. The fraction of sp³-hybridized carbons (Fsp3) is 0.235. The van der Waals surface area contributed by atoms with Gasteiger partial charge in [0.05, 0.1) is 11.6 Å². The quantitative estimate of drug-likeness (QED) is 0.662. The van der Waals surface area contributed by atoms with Crippen molar-refractivity contribution in [1.29, 1.82) is 0 Å². The van der Waals surface area contributed by atoms with Crippen molar-refractivity contribution in [2.24, 2.45) is 0 Å². The molecule has 0 N–H and O–H groups in total. The Morgan fingerprint density at radius 3 is 2.44 bits per heavy atom. The smallest absolute Gasteiger partial charge is 0.321 e. The number of halogens is 2. The normalized spacial score (nSPS) is 11.5. The van der Waals surface area contributed by atoms with Gasteiger partial charge in [0.15, 0.2) is 0 Å². The summed E-state index contributed by atoms with van der Waals surface area (Å²) in [6.07, 6.45) is 0. The van der Waals surface area contributed by atoms with Crippen LogP contribution >= 0.6 is 23.2 Å². The van der Waals surface area contributed by atoms with Crippen molar-refractivity contribution in [3.05, 3.63) is 64.1 Å². The van der Waals surface area contributed by atoms with E-state index < -0.39 is 22.5 Å². The van der Waals surface area contributed by atoms with E-state index in [1.807, 2.05) is 6.07 Å². The van der Waals surface area contributed by atoms with Crippen molar-refractivity contribution >= 4 is 39.2 Å². The van der Waals surface area contributed by atoms with Crippen molar-refractivity contribution in [2.75, 3.05) is 13.2 Å². The predicted molar refractivity (Wildman–Crippen MR) is 97.1 cm³/mol. The molecule has 2 aromatic rings. The molecule has 2 rings (SSSR count). The highest BCUT2D eigenvalue weighted by molar-refractivity contribution is 7.89. The highest BCUT2D eigenvalue weighted by Gasteiger charge is 2.29. The van der Waals surface area contributed by atoms with Crippen LogP contribution in [0.1, 0.15) is 12.5 Å². The zero-order valence-corrected chi connectivity index (χ0v) is 15.8. The summed E-state index contributed by atoms with van der Waals surface area (Å²) in [5.74, 6) is -0.639. The Kier molecular flexibility index (Phi) is 6.84. The van der Waals surface area contributed by atoms with Crippen LogP contribution < -0.4 is 0 Å². The topological polar surface area (TPSA) is 63.7 Å². The number of hydrogen-bond acceptors (Lipinski definition) is 4. The Balaban J connectivity index is 2.41. The third kappa shape index (κ3) is 5.19. The van der Waals surface area contributed by atoms with Crippen molar-refractivity contribution in [1.82, 2.24) is 4.31 Å². The molecular weight excluding hydrogens is 385 g/mol. The summed E-state index contributed by atoms with van der Waals surface area (Å²) in [6.45, 7) is 1.40. The van der Waals surface area contributed by atoms with E-state index in [0.717, 1.165) is 9.87 Å². The third-order valence-electron chi connectivity index (χ3n) is 3.32. The molecule has 134 valence electrons. The Labute approximate surface area is 157 Å². The minimum absolute atomic E-state index is 0.00479. The molecule has 0 atom stereocenters. The lowest BCUT2D eigenvalue weighted by Crippen LogP contribution is -2.36. The summed E-state index contributed by atoms with van der Waals surface area (Å²) in [5.41, 5.74) is 0.730. The maximum atomic E-state index is 13.0. The van der Waals surface area contributed by atoms with Gasteiger partial charge in [-0.3, -0.25) is 4.79 Å². The minimum Gasteiger partial charge on any atom is -0.465 e. The Morgan fingerprint density at radius 1 is 1.12 bits per heavy atom. The van der Waals surface area contributed by atoms with Crippen LogP contribution in [0.5, 0.6) is 0 Å². The van der Waals surface area contributed by atoms with Gasteiger partial charge in [-0.2, -0.15) is 4.31 Å². The van der Waals surface area contributed by atoms with Crippen LogP contribution in [-0.2, 0) is 26.1 Å². The van der Waals surface area contributed by atoms with Gasteiger partial charge in [-0.1, -0.05) is 53.5 Å². The Bertz CT molecular complexity index is 841. The number of ether oxygens (including phenoxy) is 1. The Hall–Kier alpha value is -1.60. The van der Waals surface area contributed by atoms with Crippen LogP contribution in [0.3, 0.4) is 0 Å². The number of esters is 1. The third-order valence-corrected chi connectivity index (χ3v) is 5.83. The molecule has 8 heteroatoms. The molecule has 25 heavy (non-hydrogen) atoms. The van der Waals surface area contributed by atoms with Gasteiger partial charge in [0.25, 0.3) is 0 Å². The first-order chi connectivity index (χ1) is 11.8. The Morgan fingerprint density at radius 2 is 1.80 bits per heavy atom. The van der Waals surface area contributed by atoms with Crippen molar-refractivity contribution in [3.63, 3.8) is 0 Å². The molecular formula is C17H17Cl2NO4S. The molecule has 0 aliphatic heterocycles. The SMILES string of the molecule is CCOC(=O)CN(Cc1ccccc1)S(=O)(=O)c1cc(Cl)ccc1Cl. The molecule has 5 nitrogen and oxygen atoms in total. The molecule has 0 unspecified atom stereocenters. The maximum absolute atomic E-state index is 13.0. The fourth-order valence-electron chi connectivity index (χ4n) is 2.18. The number of hydrogen-bond donors (Lipinski definition) is 0. The van der Waals surface area contributed by atoms with E-state index in [1.54, 1.807) is 31.2 Å². The summed E-state index contributed by atoms with van der Waals surface area (Å²) in [6, 6.07) is 13.1. The van der Waals surface area contributed by atoms with Crippen LogP contribution in [0.4, 0.5) is 0 Å². The zero-order chi connectivity index (χ0) is 18.4. The molecule has 0 aromatic heterocycles. The van der Waals surface area contributed by atoms with Gasteiger partial charge >= 0.3 is 5.97 Å². The maximum Gasteiger partial charge on any atom is 0.321 e. The average molecular weight is 402 g/mol. The van der Waals surface area contributed by atoms with Gasteiger partial charge in [0.2, 0.25) is 10.0 Å². The average Bonchev–Trinajstić information content (AvgIpc) is 2.57. The van der Waals surface area contributed by atoms with E-state index in [0.29, 0.717) is 0 Å². The lowest BCUT2D eigenvalue weighted by atomic mass is 10.2. The summed E-state index contributed by atoms with van der Waals surface area (Å²) in [5, 5.41) is 0.269. The molecule has 0 amide bonds. The summed E-state index contributed by atoms with van der Waals surface area (Å²) >= 11 is 12.0. The minimum atomic E-state index is -4.05. The first kappa shape index (κ1) is 19.7. The van der Waals surface area contributed by atoms with E-state index in [-0.39, 0.29) is 28.1 Å². The molecule has 2 aromatic carbocycles. The molecule has 0 aliphatic carbocycles. The van der Waals surface area contributed by atoms with Crippen molar-refractivity contribution < 1.29 is 17.9 Å². The zero-order valence-electron chi connectivity index (χ0n) is 13.5. The van der Waals surface area contributed by atoms with Gasteiger partial charge in [-0.25, -0.2) is 8.42 Å². The molecule has 0 saturated carbocycles. The standard InChI is InChI=1S/C17H17Cl2NO4S/c1-2-24-17(21)12-20(11-13-6-4-3-5-7-13)25(22,23)16-10-14(18)8-9-15(16)19/h3-10H,2,11-12H2,1H3.